The van der Waals surface area contributed by atoms with Crippen LogP contribution in [0, 0.1) is 6.92 Å². The molecule has 1 aromatic carbocycles. The molecule has 13 nitrogen and oxygen atoms in total. The van der Waals surface area contributed by atoms with Crippen molar-refractivity contribution in [3.8, 4) is 11.5 Å². The van der Waals surface area contributed by atoms with Gasteiger partial charge in [0.15, 0.2) is 11.0 Å². The van der Waals surface area contributed by atoms with Crippen molar-refractivity contribution >= 4 is 49.4 Å². The van der Waals surface area contributed by atoms with Crippen molar-refractivity contribution in [2.45, 2.75) is 100 Å². The number of nitrogens with one attached hydrogen (secondary N) is 3. The lowest BCUT2D eigenvalue weighted by molar-refractivity contribution is -0.175. The van der Waals surface area contributed by atoms with Gasteiger partial charge in [-0.2, -0.15) is 0 Å². The number of H-pyrrole nitrogens is 1. The van der Waals surface area contributed by atoms with Crippen LogP contribution in [0.4, 0.5) is 0 Å². The molecule has 1 spiro atoms. The minimum Gasteiger partial charge on any atom is -0.507 e. The van der Waals surface area contributed by atoms with E-state index in [0.29, 0.717) is 85.3 Å². The average Bonchev–Trinajstić information content (AvgIpc) is 3.47. The maximum Gasteiger partial charge on any atom is 0.341 e. The third kappa shape index (κ3) is 6.29. The first kappa shape index (κ1) is 36.5. The number of hydrogen-bond donors (Lipinski definition) is 6. The van der Waals surface area contributed by atoms with Crippen LogP contribution in [0.25, 0.3) is 21.9 Å². The molecule has 0 amide bonds. The molecule has 0 saturated carbocycles. The number of aryl methyl sites for hydroxylation is 1. The van der Waals surface area contributed by atoms with Gasteiger partial charge >= 0.3 is 5.97 Å². The molecule has 9 heterocycles. The fraction of sp³-hybridized carbons (Fsp3) is 0.429. The highest BCUT2D eigenvalue weighted by molar-refractivity contribution is 8.76. The second-order valence-electron chi connectivity index (χ2n) is 16.4. The van der Waals surface area contributed by atoms with Crippen molar-refractivity contribution in [1.29, 1.82) is 0 Å². The summed E-state index contributed by atoms with van der Waals surface area (Å²) in [5.41, 5.74) is 16.1. The summed E-state index contributed by atoms with van der Waals surface area (Å²) < 4.78 is 27.7. The van der Waals surface area contributed by atoms with E-state index in [4.69, 9.17) is 30.1 Å². The van der Waals surface area contributed by atoms with Gasteiger partial charge < -0.3 is 55.4 Å². The molecule has 57 heavy (non-hydrogen) atoms. The Labute approximate surface area is 336 Å². The quantitative estimate of drug-likeness (QED) is 0.0834. The molecule has 4 bridgehead atoms. The molecule has 2 saturated heterocycles. The normalized spacial score (nSPS) is 31.4. The zero-order valence-corrected chi connectivity index (χ0v) is 33.4. The van der Waals surface area contributed by atoms with Gasteiger partial charge in [0.05, 0.1) is 29.5 Å². The molecule has 2 fully saturated rings. The number of phenols is 1. The van der Waals surface area contributed by atoms with Gasteiger partial charge in [-0.15, -0.1) is 0 Å². The van der Waals surface area contributed by atoms with Crippen LogP contribution in [-0.4, -0.2) is 67.6 Å². The zero-order chi connectivity index (χ0) is 39.2. The summed E-state index contributed by atoms with van der Waals surface area (Å²) in [4.78, 5) is 30.7. The SMILES string of the molecule is Cc1cc(=O)c2c(O)c3c(cc2o1)OC1(C)CCSSCC2=C(N)NC(Cn4cc5cc[nH]c5c4)C=C2C2C=C(C=C(N)N2)CCC2OC24CCCC3C1OC4=O. The standard InChI is InChI=1S/C42H46N6O7S2/c1-21-12-30(49)36-31(52-21)16-32-35(37(36)50)25-4-3-8-42-33(55-42)6-5-22-13-28(47-34(43)14-22)26-15-24(18-48-17-23-7-10-45-29(23)19-48)46-39(44)27(26)20-57-56-11-9-41(2,54-32)38(25)53-40(42)51/h7,10,12-17,19,24-25,28,33,38,45-47,50H,3-6,8-9,11,18,20,43-44H2,1-2H3. The lowest BCUT2D eigenvalue weighted by atomic mass is 9.74. The summed E-state index contributed by atoms with van der Waals surface area (Å²) in [6.07, 6.45) is 15.2. The smallest absolute Gasteiger partial charge is 0.341 e. The zero-order valence-electron chi connectivity index (χ0n) is 31.8. The Kier molecular flexibility index (Phi) is 8.72. The second-order valence-corrected chi connectivity index (χ2v) is 19.0. The van der Waals surface area contributed by atoms with Gasteiger partial charge in [0.25, 0.3) is 0 Å². The van der Waals surface area contributed by atoms with Crippen LogP contribution in [-0.2, 0) is 20.8 Å². The Morgan fingerprint density at radius 1 is 1.09 bits per heavy atom. The van der Waals surface area contributed by atoms with Crippen molar-refractivity contribution in [2.24, 2.45) is 11.5 Å². The van der Waals surface area contributed by atoms with Crippen LogP contribution in [0.2, 0.25) is 0 Å². The molecule has 10 rings (SSSR count). The van der Waals surface area contributed by atoms with Gasteiger partial charge in [-0.1, -0.05) is 33.7 Å². The number of dihydropyridines is 2. The van der Waals surface area contributed by atoms with Gasteiger partial charge in [-0.3, -0.25) is 4.79 Å². The lowest BCUT2D eigenvalue weighted by Crippen LogP contribution is -2.55. The molecule has 15 heteroatoms. The summed E-state index contributed by atoms with van der Waals surface area (Å²) in [7, 11) is 3.40. The molecular weight excluding hydrogens is 765 g/mol. The molecule has 0 aliphatic carbocycles. The fourth-order valence-corrected chi connectivity index (χ4v) is 12.0. The molecule has 8 N–H and O–H groups in total. The van der Waals surface area contributed by atoms with Gasteiger partial charge in [-0.25, -0.2) is 4.79 Å². The van der Waals surface area contributed by atoms with E-state index < -0.39 is 29.2 Å². The minimum absolute atomic E-state index is 0.0526. The van der Waals surface area contributed by atoms with Gasteiger partial charge in [0.2, 0.25) is 0 Å². The molecule has 0 radical (unpaired) electrons. The molecule has 6 aliphatic heterocycles. The first-order chi connectivity index (χ1) is 27.5. The van der Waals surface area contributed by atoms with E-state index in [0.717, 1.165) is 27.6 Å². The predicted molar refractivity (Wildman–Crippen MR) is 221 cm³/mol. The molecule has 7 unspecified atom stereocenters. The summed E-state index contributed by atoms with van der Waals surface area (Å²) >= 11 is 0. The molecule has 4 aromatic rings. The highest BCUT2D eigenvalue weighted by Gasteiger charge is 2.65. The molecular formula is C42H46N6O7S2. The number of esters is 1. The number of carbonyl (C=O) groups is 1. The van der Waals surface area contributed by atoms with E-state index in [1.165, 1.54) is 6.07 Å². The number of aromatic amines is 1. The number of aromatic hydroxyl groups is 1. The number of hydrogen-bond acceptors (Lipinski definition) is 13. The van der Waals surface area contributed by atoms with Crippen LogP contribution >= 0.6 is 21.6 Å². The predicted octanol–water partition coefficient (Wildman–Crippen LogP) is 5.59. The number of allylic oxidation sites excluding steroid dienone is 2. The average molecular weight is 811 g/mol. The topological polar surface area (TPSA) is 195 Å². The van der Waals surface area contributed by atoms with Crippen molar-refractivity contribution in [3.05, 3.63) is 105 Å². The number of nitrogens with two attached hydrogens (primary N) is 2. The van der Waals surface area contributed by atoms with E-state index in [9.17, 15) is 14.7 Å². The van der Waals surface area contributed by atoms with E-state index >= 15 is 0 Å². The van der Waals surface area contributed by atoms with Gasteiger partial charge in [0, 0.05) is 77.6 Å². The molecule has 298 valence electrons. The number of rotatable bonds is 2. The van der Waals surface area contributed by atoms with E-state index in [1.54, 1.807) is 34.6 Å². The van der Waals surface area contributed by atoms with Crippen LogP contribution in [0.5, 0.6) is 11.5 Å². The Balaban J connectivity index is 0.987. The molecule has 6 aliphatic rings. The monoisotopic (exact) mass is 810 g/mol. The van der Waals surface area contributed by atoms with Crippen molar-refractivity contribution < 1.29 is 28.5 Å². The van der Waals surface area contributed by atoms with Gasteiger partial charge in [-0.05, 0) is 69.2 Å². The number of ether oxygens (including phenoxy) is 3. The van der Waals surface area contributed by atoms with Crippen LogP contribution in [0.1, 0.15) is 62.7 Å². The number of epoxide rings is 1. The van der Waals surface area contributed by atoms with E-state index in [1.807, 2.05) is 19.2 Å². The third-order valence-electron chi connectivity index (χ3n) is 12.5. The van der Waals surface area contributed by atoms with Gasteiger partial charge in [0.1, 0.15) is 45.8 Å². The number of phenolic OH excluding ortho intramolecular Hbond substituents is 1. The summed E-state index contributed by atoms with van der Waals surface area (Å²) in [5, 5.41) is 20.0. The molecule has 3 aromatic heterocycles. The van der Waals surface area contributed by atoms with Crippen LogP contribution in [0.3, 0.4) is 0 Å². The van der Waals surface area contributed by atoms with E-state index in [2.05, 4.69) is 50.8 Å². The Hall–Kier alpha value is -4.86. The minimum atomic E-state index is -1.05. The van der Waals surface area contributed by atoms with Crippen LogP contribution < -0.4 is 32.3 Å². The maximum atomic E-state index is 14.3. The fourth-order valence-electron chi connectivity index (χ4n) is 9.69. The maximum absolute atomic E-state index is 14.3. The number of benzene rings is 1. The summed E-state index contributed by atoms with van der Waals surface area (Å²) in [5.74, 6) is 2.41. The lowest BCUT2D eigenvalue weighted by Gasteiger charge is -2.47. The highest BCUT2D eigenvalue weighted by atomic mass is 33.1. The number of fused-ring (bicyclic) bond motifs is 8. The Bertz CT molecular complexity index is 2490. The largest absolute Gasteiger partial charge is 0.507 e. The van der Waals surface area contributed by atoms with Crippen molar-refractivity contribution in [1.82, 2.24) is 20.2 Å². The van der Waals surface area contributed by atoms with Crippen LogP contribution in [0.15, 0.2) is 92.6 Å². The summed E-state index contributed by atoms with van der Waals surface area (Å²) in [6.45, 7) is 4.37. The number of nitrogens with zero attached hydrogens (tertiary/aromatic N) is 1. The second kappa shape index (κ2) is 13.6. The van der Waals surface area contributed by atoms with Crippen molar-refractivity contribution in [2.75, 3.05) is 11.5 Å². The number of aromatic nitrogens is 2. The first-order valence-corrected chi connectivity index (χ1v) is 22.1. The first-order valence-electron chi connectivity index (χ1n) is 19.7. The molecule has 7 atom stereocenters. The van der Waals surface area contributed by atoms with E-state index in [-0.39, 0.29) is 40.3 Å². The number of carbonyl (C=O) groups excluding carboxylic acids is 1. The summed E-state index contributed by atoms with van der Waals surface area (Å²) in [6, 6.07) is 4.90. The van der Waals surface area contributed by atoms with Crippen molar-refractivity contribution in [3.63, 3.8) is 0 Å². The Morgan fingerprint density at radius 2 is 1.96 bits per heavy atom. The highest BCUT2D eigenvalue weighted by Crippen LogP contribution is 2.55. The Morgan fingerprint density at radius 3 is 2.82 bits per heavy atom. The third-order valence-corrected chi connectivity index (χ3v) is 14.8.